The van der Waals surface area contributed by atoms with Crippen LogP contribution >= 0.6 is 23.4 Å². The molecule has 1 amide bonds. The lowest BCUT2D eigenvalue weighted by atomic mass is 10.2. The number of halogens is 1. The van der Waals surface area contributed by atoms with Crippen LogP contribution in [0.25, 0.3) is 0 Å². The molecule has 0 radical (unpaired) electrons. The maximum atomic E-state index is 11.0. The third-order valence-electron chi connectivity index (χ3n) is 3.34. The molecule has 3 rings (SSSR count). The Kier molecular flexibility index (Phi) is 4.00. The number of nitrogens with two attached hydrogens (primary N) is 1. The minimum absolute atomic E-state index is 0.183. The van der Waals surface area contributed by atoms with Crippen molar-refractivity contribution in [2.45, 2.75) is 23.8 Å². The zero-order valence-electron chi connectivity index (χ0n) is 10.8. The molecule has 0 aliphatic carbocycles. The first-order valence-corrected chi connectivity index (χ1v) is 7.84. The summed E-state index contributed by atoms with van der Waals surface area (Å²) < 4.78 is 5.56. The highest BCUT2D eigenvalue weighted by Gasteiger charge is 2.28. The van der Waals surface area contributed by atoms with E-state index in [4.69, 9.17) is 22.1 Å². The van der Waals surface area contributed by atoms with E-state index in [1.807, 2.05) is 0 Å². The number of aryl methyl sites for hydroxylation is 1. The van der Waals surface area contributed by atoms with Crippen molar-refractivity contribution in [2.75, 3.05) is 30.3 Å². The molecule has 2 N–H and O–H groups in total. The highest BCUT2D eigenvalue weighted by molar-refractivity contribution is 7.99. The molecule has 0 bridgehead atoms. The van der Waals surface area contributed by atoms with Gasteiger partial charge in [-0.05, 0) is 11.6 Å². The van der Waals surface area contributed by atoms with Gasteiger partial charge in [0.05, 0.1) is 29.7 Å². The number of ether oxygens (including phenoxy) is 1. The fraction of sp³-hybridized carbons (Fsp3) is 0.583. The fourth-order valence-electron chi connectivity index (χ4n) is 2.50. The van der Waals surface area contributed by atoms with E-state index >= 15 is 0 Å². The van der Waals surface area contributed by atoms with E-state index in [0.29, 0.717) is 13.2 Å². The lowest BCUT2D eigenvalue weighted by Gasteiger charge is -2.34. The van der Waals surface area contributed by atoms with Crippen LogP contribution in [0.15, 0.2) is 4.90 Å². The number of amides is 1. The molecule has 1 fully saturated rings. The van der Waals surface area contributed by atoms with E-state index in [1.54, 1.807) is 11.8 Å². The van der Waals surface area contributed by atoms with Crippen molar-refractivity contribution in [3.8, 4) is 0 Å². The topological polar surface area (TPSA) is 81.3 Å². The standard InChI is InChI=1S/C12H15ClN4O2S/c13-12-15-8-1-4-20-10(8)11(16-12)17-2-3-19-7(6-17)5-9(14)18/h7H,1-6H2,(H2,14,18). The molecule has 1 saturated heterocycles. The van der Waals surface area contributed by atoms with Gasteiger partial charge in [0, 0.05) is 25.3 Å². The average molecular weight is 315 g/mol. The minimum atomic E-state index is -0.350. The zero-order chi connectivity index (χ0) is 14.1. The first-order chi connectivity index (χ1) is 9.63. The van der Waals surface area contributed by atoms with Crippen molar-refractivity contribution in [1.29, 1.82) is 0 Å². The SMILES string of the molecule is NC(=O)CC1CN(c2nc(Cl)nc3c2SCC3)CCO1. The van der Waals surface area contributed by atoms with Crippen molar-refractivity contribution in [3.05, 3.63) is 11.0 Å². The Labute approximate surface area is 126 Å². The maximum Gasteiger partial charge on any atom is 0.224 e. The molecule has 1 aromatic heterocycles. The number of morpholine rings is 1. The molecular formula is C12H15ClN4O2S. The van der Waals surface area contributed by atoms with Crippen LogP contribution in [-0.4, -0.2) is 47.4 Å². The summed E-state index contributed by atoms with van der Waals surface area (Å²) in [5, 5.41) is 0.277. The van der Waals surface area contributed by atoms with Gasteiger partial charge in [0.2, 0.25) is 11.2 Å². The molecule has 6 nitrogen and oxygen atoms in total. The second-order valence-corrected chi connectivity index (χ2v) is 6.24. The molecule has 1 aromatic rings. The number of carbonyl (C=O) groups is 1. The first-order valence-electron chi connectivity index (χ1n) is 6.47. The van der Waals surface area contributed by atoms with Crippen molar-refractivity contribution in [3.63, 3.8) is 0 Å². The second-order valence-electron chi connectivity index (χ2n) is 4.80. The van der Waals surface area contributed by atoms with Crippen LogP contribution in [0.3, 0.4) is 0 Å². The number of nitrogens with zero attached hydrogens (tertiary/aromatic N) is 3. The number of fused-ring (bicyclic) bond motifs is 1. The maximum absolute atomic E-state index is 11.0. The molecular weight excluding hydrogens is 300 g/mol. The van der Waals surface area contributed by atoms with Crippen molar-refractivity contribution in [2.24, 2.45) is 5.73 Å². The number of hydrogen-bond donors (Lipinski definition) is 1. The van der Waals surface area contributed by atoms with Crippen molar-refractivity contribution < 1.29 is 9.53 Å². The summed E-state index contributed by atoms with van der Waals surface area (Å²) >= 11 is 7.76. The van der Waals surface area contributed by atoms with Gasteiger partial charge in [0.25, 0.3) is 0 Å². The number of hydrogen-bond acceptors (Lipinski definition) is 6. The van der Waals surface area contributed by atoms with E-state index in [0.717, 1.165) is 35.1 Å². The van der Waals surface area contributed by atoms with Crippen LogP contribution in [0.5, 0.6) is 0 Å². The van der Waals surface area contributed by atoms with Gasteiger partial charge in [-0.2, -0.15) is 4.98 Å². The zero-order valence-corrected chi connectivity index (χ0v) is 12.4. The summed E-state index contributed by atoms with van der Waals surface area (Å²) in [5.41, 5.74) is 6.25. The minimum Gasteiger partial charge on any atom is -0.374 e. The number of thioether (sulfide) groups is 1. The molecule has 3 heterocycles. The number of primary amides is 1. The summed E-state index contributed by atoms with van der Waals surface area (Å²) in [6.45, 7) is 1.89. The summed E-state index contributed by atoms with van der Waals surface area (Å²) in [5.74, 6) is 1.52. The summed E-state index contributed by atoms with van der Waals surface area (Å²) in [6, 6.07) is 0. The van der Waals surface area contributed by atoms with Crippen LogP contribution in [0.1, 0.15) is 12.1 Å². The molecule has 2 aliphatic rings. The smallest absolute Gasteiger partial charge is 0.224 e. The predicted molar refractivity (Wildman–Crippen MR) is 77.2 cm³/mol. The van der Waals surface area contributed by atoms with Gasteiger partial charge in [-0.1, -0.05) is 0 Å². The van der Waals surface area contributed by atoms with E-state index < -0.39 is 0 Å². The Morgan fingerprint density at radius 3 is 3.20 bits per heavy atom. The normalized spacial score (nSPS) is 21.9. The molecule has 1 atom stereocenters. The van der Waals surface area contributed by atoms with Crippen LogP contribution in [-0.2, 0) is 16.0 Å². The molecule has 1 unspecified atom stereocenters. The number of rotatable bonds is 3. The van der Waals surface area contributed by atoms with E-state index in [9.17, 15) is 4.79 Å². The lowest BCUT2D eigenvalue weighted by Crippen LogP contribution is -2.44. The molecule has 0 aromatic carbocycles. The van der Waals surface area contributed by atoms with E-state index in [2.05, 4.69) is 14.9 Å². The highest BCUT2D eigenvalue weighted by atomic mass is 35.5. The second kappa shape index (κ2) is 5.75. The third kappa shape index (κ3) is 2.84. The lowest BCUT2D eigenvalue weighted by molar-refractivity contribution is -0.121. The predicted octanol–water partition coefficient (Wildman–Crippen LogP) is 0.859. The Morgan fingerprint density at radius 2 is 2.40 bits per heavy atom. The number of carbonyl (C=O) groups excluding carboxylic acids is 1. The van der Waals surface area contributed by atoms with Gasteiger partial charge >= 0.3 is 0 Å². The fourth-order valence-corrected chi connectivity index (χ4v) is 3.80. The molecule has 8 heteroatoms. The number of aromatic nitrogens is 2. The Hall–Kier alpha value is -1.05. The summed E-state index contributed by atoms with van der Waals surface area (Å²) in [4.78, 5) is 22.9. The Morgan fingerprint density at radius 1 is 1.55 bits per heavy atom. The summed E-state index contributed by atoms with van der Waals surface area (Å²) in [7, 11) is 0. The largest absolute Gasteiger partial charge is 0.374 e. The van der Waals surface area contributed by atoms with Crippen molar-refractivity contribution >= 4 is 35.1 Å². The quantitative estimate of drug-likeness (QED) is 0.833. The van der Waals surface area contributed by atoms with Gasteiger partial charge in [-0.25, -0.2) is 4.98 Å². The van der Waals surface area contributed by atoms with Gasteiger partial charge < -0.3 is 15.4 Å². The molecule has 20 heavy (non-hydrogen) atoms. The first kappa shape index (κ1) is 13.9. The molecule has 108 valence electrons. The molecule has 0 spiro atoms. The van der Waals surface area contributed by atoms with E-state index in [-0.39, 0.29) is 23.7 Å². The van der Waals surface area contributed by atoms with Crippen LogP contribution in [0.4, 0.5) is 5.82 Å². The van der Waals surface area contributed by atoms with Gasteiger partial charge in [0.15, 0.2) is 0 Å². The monoisotopic (exact) mass is 314 g/mol. The van der Waals surface area contributed by atoms with Crippen LogP contribution in [0, 0.1) is 0 Å². The van der Waals surface area contributed by atoms with Crippen LogP contribution in [0.2, 0.25) is 5.28 Å². The highest BCUT2D eigenvalue weighted by Crippen LogP contribution is 2.38. The van der Waals surface area contributed by atoms with Gasteiger partial charge in [-0.15, -0.1) is 11.8 Å². The third-order valence-corrected chi connectivity index (χ3v) is 4.63. The Balaban J connectivity index is 1.84. The number of anilines is 1. The summed E-state index contributed by atoms with van der Waals surface area (Å²) in [6.07, 6.45) is 0.964. The molecule has 0 saturated carbocycles. The molecule has 2 aliphatic heterocycles. The van der Waals surface area contributed by atoms with Gasteiger partial charge in [-0.3, -0.25) is 4.79 Å². The van der Waals surface area contributed by atoms with Gasteiger partial charge in [0.1, 0.15) is 5.82 Å². The average Bonchev–Trinajstić information content (AvgIpc) is 2.85. The van der Waals surface area contributed by atoms with Crippen molar-refractivity contribution in [1.82, 2.24) is 9.97 Å². The Bertz CT molecular complexity index is 542. The van der Waals surface area contributed by atoms with E-state index in [1.165, 1.54) is 0 Å². The van der Waals surface area contributed by atoms with Crippen LogP contribution < -0.4 is 10.6 Å².